The molecule has 1 N–H and O–H groups in total. The van der Waals surface area contributed by atoms with Crippen LogP contribution in [0.4, 0.5) is 0 Å². The topological polar surface area (TPSA) is 57.6 Å². The maximum Gasteiger partial charge on any atom is 0.243 e. The van der Waals surface area contributed by atoms with Crippen molar-refractivity contribution in [3.8, 4) is 0 Å². The van der Waals surface area contributed by atoms with Gasteiger partial charge in [0, 0.05) is 15.7 Å². The molecule has 0 aromatic heterocycles. The fourth-order valence-corrected chi connectivity index (χ4v) is 5.48. The molecule has 2 saturated heterocycles. The number of halogens is 1. The highest BCUT2D eigenvalue weighted by Crippen LogP contribution is 2.39. The summed E-state index contributed by atoms with van der Waals surface area (Å²) in [4.78, 5) is 0.362. The standard InChI is InChI=1S/C13H16INO3S/c14-9-1-5-13(6-2-9)19(17,18)15-10-3-4-11(15)8-12(16)7-10/h1-2,5-6,10-12,16H,3-4,7-8H2. The number of nitrogens with zero attached hydrogens (tertiary/aromatic N) is 1. The number of aliphatic hydroxyl groups is 1. The van der Waals surface area contributed by atoms with Gasteiger partial charge in [-0.15, -0.1) is 0 Å². The summed E-state index contributed by atoms with van der Waals surface area (Å²) in [6, 6.07) is 6.90. The first-order chi connectivity index (χ1) is 8.98. The summed E-state index contributed by atoms with van der Waals surface area (Å²) in [5.41, 5.74) is 0. The largest absolute Gasteiger partial charge is 0.393 e. The van der Waals surface area contributed by atoms with Crippen molar-refractivity contribution in [2.75, 3.05) is 0 Å². The van der Waals surface area contributed by atoms with Crippen molar-refractivity contribution in [2.24, 2.45) is 0 Å². The molecule has 1 aromatic carbocycles. The van der Waals surface area contributed by atoms with Gasteiger partial charge < -0.3 is 5.11 Å². The monoisotopic (exact) mass is 393 g/mol. The van der Waals surface area contributed by atoms with E-state index in [1.165, 1.54) is 0 Å². The molecule has 0 aliphatic carbocycles. The van der Waals surface area contributed by atoms with Crippen molar-refractivity contribution < 1.29 is 13.5 Å². The third kappa shape index (κ3) is 2.43. The van der Waals surface area contributed by atoms with Crippen molar-refractivity contribution >= 4 is 32.6 Å². The van der Waals surface area contributed by atoms with Crippen molar-refractivity contribution in [3.05, 3.63) is 27.8 Å². The van der Waals surface area contributed by atoms with Gasteiger partial charge >= 0.3 is 0 Å². The summed E-state index contributed by atoms with van der Waals surface area (Å²) in [5, 5.41) is 9.76. The van der Waals surface area contributed by atoms with Crippen molar-refractivity contribution in [2.45, 2.75) is 48.8 Å². The quantitative estimate of drug-likeness (QED) is 0.782. The second-order valence-electron chi connectivity index (χ2n) is 5.30. The average Bonchev–Trinajstić information content (AvgIpc) is 2.64. The first kappa shape index (κ1) is 13.8. The van der Waals surface area contributed by atoms with Gasteiger partial charge in [0.1, 0.15) is 0 Å². The van der Waals surface area contributed by atoms with E-state index in [0.29, 0.717) is 17.7 Å². The number of benzene rings is 1. The summed E-state index contributed by atoms with van der Waals surface area (Å²) in [6.45, 7) is 0. The van der Waals surface area contributed by atoms with E-state index in [0.717, 1.165) is 16.4 Å². The Morgan fingerprint density at radius 3 is 2.16 bits per heavy atom. The molecule has 2 aliphatic heterocycles. The lowest BCUT2D eigenvalue weighted by atomic mass is 10.0. The van der Waals surface area contributed by atoms with Crippen LogP contribution in [0, 0.1) is 3.57 Å². The first-order valence-electron chi connectivity index (χ1n) is 6.45. The Morgan fingerprint density at radius 1 is 1.11 bits per heavy atom. The molecule has 3 rings (SSSR count). The molecule has 4 nitrogen and oxygen atoms in total. The Kier molecular flexibility index (Phi) is 3.61. The van der Waals surface area contributed by atoms with E-state index in [-0.39, 0.29) is 18.2 Å². The summed E-state index contributed by atoms with van der Waals surface area (Å²) in [6.07, 6.45) is 2.53. The molecule has 2 fully saturated rings. The molecule has 0 radical (unpaired) electrons. The van der Waals surface area contributed by atoms with Crippen LogP contribution in [0.5, 0.6) is 0 Å². The van der Waals surface area contributed by atoms with E-state index in [1.807, 2.05) is 12.1 Å². The van der Waals surface area contributed by atoms with E-state index >= 15 is 0 Å². The Balaban J connectivity index is 1.95. The van der Waals surface area contributed by atoms with Gasteiger partial charge in [0.25, 0.3) is 0 Å². The Morgan fingerprint density at radius 2 is 1.63 bits per heavy atom. The smallest absolute Gasteiger partial charge is 0.243 e. The molecule has 0 amide bonds. The van der Waals surface area contributed by atoms with Gasteiger partial charge in [-0.05, 0) is 72.5 Å². The summed E-state index contributed by atoms with van der Waals surface area (Å²) >= 11 is 2.16. The molecule has 2 unspecified atom stereocenters. The number of hydrogen-bond donors (Lipinski definition) is 1. The van der Waals surface area contributed by atoms with E-state index in [9.17, 15) is 13.5 Å². The maximum absolute atomic E-state index is 12.7. The summed E-state index contributed by atoms with van der Waals surface area (Å²) in [7, 11) is -3.42. The van der Waals surface area contributed by atoms with E-state index < -0.39 is 10.0 Å². The van der Waals surface area contributed by atoms with Gasteiger partial charge in [-0.2, -0.15) is 4.31 Å². The van der Waals surface area contributed by atoms with E-state index in [1.54, 1.807) is 16.4 Å². The third-order valence-corrected chi connectivity index (χ3v) is 6.77. The zero-order valence-electron chi connectivity index (χ0n) is 10.4. The van der Waals surface area contributed by atoms with Gasteiger partial charge in [-0.25, -0.2) is 8.42 Å². The predicted molar refractivity (Wildman–Crippen MR) is 80.2 cm³/mol. The molecule has 2 heterocycles. The van der Waals surface area contributed by atoms with Crippen LogP contribution in [0.3, 0.4) is 0 Å². The highest BCUT2D eigenvalue weighted by Gasteiger charge is 2.46. The minimum atomic E-state index is -3.42. The Labute approximate surface area is 127 Å². The van der Waals surface area contributed by atoms with Crippen LogP contribution in [-0.4, -0.2) is 36.0 Å². The van der Waals surface area contributed by atoms with Crippen LogP contribution < -0.4 is 0 Å². The molecule has 19 heavy (non-hydrogen) atoms. The maximum atomic E-state index is 12.7. The zero-order chi connectivity index (χ0) is 13.6. The van der Waals surface area contributed by atoms with Gasteiger partial charge in [-0.3, -0.25) is 0 Å². The van der Waals surface area contributed by atoms with E-state index in [4.69, 9.17) is 0 Å². The SMILES string of the molecule is O=S(=O)(c1ccc(I)cc1)N1C2CCC1CC(O)C2. The number of aliphatic hydroxyl groups excluding tert-OH is 1. The molecule has 2 atom stereocenters. The summed E-state index contributed by atoms with van der Waals surface area (Å²) in [5.74, 6) is 0. The van der Waals surface area contributed by atoms with Crippen LogP contribution in [0.2, 0.25) is 0 Å². The molecular formula is C13H16INO3S. The molecular weight excluding hydrogens is 377 g/mol. The molecule has 0 spiro atoms. The summed E-state index contributed by atoms with van der Waals surface area (Å²) < 4.78 is 28.1. The highest BCUT2D eigenvalue weighted by molar-refractivity contribution is 14.1. The van der Waals surface area contributed by atoms with Gasteiger partial charge in [0.05, 0.1) is 11.0 Å². The number of hydrogen-bond acceptors (Lipinski definition) is 3. The van der Waals surface area contributed by atoms with Crippen LogP contribution in [0.25, 0.3) is 0 Å². The normalized spacial score (nSPS) is 31.6. The van der Waals surface area contributed by atoms with Gasteiger partial charge in [-0.1, -0.05) is 0 Å². The van der Waals surface area contributed by atoms with Gasteiger partial charge in [0.15, 0.2) is 0 Å². The van der Waals surface area contributed by atoms with Crippen molar-refractivity contribution in [3.63, 3.8) is 0 Å². The van der Waals surface area contributed by atoms with E-state index in [2.05, 4.69) is 22.6 Å². The number of rotatable bonds is 2. The van der Waals surface area contributed by atoms with Crippen LogP contribution in [-0.2, 0) is 10.0 Å². The average molecular weight is 393 g/mol. The third-order valence-electron chi connectivity index (χ3n) is 4.03. The zero-order valence-corrected chi connectivity index (χ0v) is 13.3. The number of piperidine rings is 1. The second-order valence-corrected chi connectivity index (χ2v) is 8.39. The Hall–Kier alpha value is -0.180. The van der Waals surface area contributed by atoms with Crippen molar-refractivity contribution in [1.29, 1.82) is 0 Å². The van der Waals surface area contributed by atoms with Crippen LogP contribution in [0.15, 0.2) is 29.2 Å². The fraction of sp³-hybridized carbons (Fsp3) is 0.538. The molecule has 6 heteroatoms. The minimum Gasteiger partial charge on any atom is -0.393 e. The predicted octanol–water partition coefficient (Wildman–Crippen LogP) is 1.97. The number of fused-ring (bicyclic) bond motifs is 2. The van der Waals surface area contributed by atoms with Crippen molar-refractivity contribution in [1.82, 2.24) is 4.31 Å². The Bertz CT molecular complexity index is 558. The molecule has 104 valence electrons. The molecule has 2 aliphatic rings. The van der Waals surface area contributed by atoms with Crippen LogP contribution in [0.1, 0.15) is 25.7 Å². The lowest BCUT2D eigenvalue weighted by molar-refractivity contribution is 0.0769. The second kappa shape index (κ2) is 4.98. The van der Waals surface area contributed by atoms with Crippen LogP contribution >= 0.6 is 22.6 Å². The van der Waals surface area contributed by atoms with Gasteiger partial charge in [0.2, 0.25) is 10.0 Å². The minimum absolute atomic E-state index is 0.0296. The molecule has 0 saturated carbocycles. The fourth-order valence-electron chi connectivity index (χ4n) is 3.23. The lowest BCUT2D eigenvalue weighted by Crippen LogP contribution is -2.47. The molecule has 1 aromatic rings. The highest BCUT2D eigenvalue weighted by atomic mass is 127. The lowest BCUT2D eigenvalue weighted by Gasteiger charge is -2.36. The number of sulfonamides is 1. The molecule has 2 bridgehead atoms. The first-order valence-corrected chi connectivity index (χ1v) is 8.97.